The van der Waals surface area contributed by atoms with E-state index in [-0.39, 0.29) is 18.5 Å². The minimum absolute atomic E-state index is 0.0571. The van der Waals surface area contributed by atoms with E-state index in [1.54, 1.807) is 0 Å². The molecule has 1 amide bonds. The fourth-order valence-electron chi connectivity index (χ4n) is 3.36. The van der Waals surface area contributed by atoms with Crippen molar-refractivity contribution in [1.82, 2.24) is 9.97 Å². The maximum Gasteiger partial charge on any atom is 0.262 e. The van der Waals surface area contributed by atoms with Gasteiger partial charge in [0.15, 0.2) is 6.61 Å². The minimum atomic E-state index is -0.129. The predicted molar refractivity (Wildman–Crippen MR) is 119 cm³/mol. The molecule has 1 aliphatic heterocycles. The number of rotatable bonds is 6. The first kappa shape index (κ1) is 20.0. The van der Waals surface area contributed by atoms with Crippen molar-refractivity contribution in [2.24, 2.45) is 0 Å². The third kappa shape index (κ3) is 4.46. The highest BCUT2D eigenvalue weighted by Crippen LogP contribution is 2.30. The molecule has 1 aliphatic rings. The van der Waals surface area contributed by atoms with Gasteiger partial charge in [-0.05, 0) is 49.1 Å². The number of halogens is 1. The van der Waals surface area contributed by atoms with Gasteiger partial charge in [0.1, 0.15) is 11.6 Å². The van der Waals surface area contributed by atoms with E-state index in [0.717, 1.165) is 41.8 Å². The number of fused-ring (bicyclic) bond motifs is 1. The first-order valence-corrected chi connectivity index (χ1v) is 10.1. The summed E-state index contributed by atoms with van der Waals surface area (Å²) in [5, 5.41) is 6.80. The molecule has 0 saturated carbocycles. The van der Waals surface area contributed by atoms with E-state index in [2.05, 4.69) is 20.6 Å². The van der Waals surface area contributed by atoms with Gasteiger partial charge in [-0.15, -0.1) is 0 Å². The average molecular weight is 424 g/mol. The van der Waals surface area contributed by atoms with E-state index in [1.807, 2.05) is 49.4 Å². The second-order valence-electron chi connectivity index (χ2n) is 7.11. The smallest absolute Gasteiger partial charge is 0.262 e. The van der Waals surface area contributed by atoms with Gasteiger partial charge in [0.2, 0.25) is 5.95 Å². The Balaban J connectivity index is 1.38. The number of carbonyl (C=O) groups is 1. The van der Waals surface area contributed by atoms with Crippen LogP contribution in [0.4, 0.5) is 17.5 Å². The number of hydrogen-bond donors (Lipinski definition) is 3. The summed E-state index contributed by atoms with van der Waals surface area (Å²) in [4.78, 5) is 20.0. The van der Waals surface area contributed by atoms with E-state index >= 15 is 0 Å². The van der Waals surface area contributed by atoms with Crippen molar-refractivity contribution in [3.05, 3.63) is 58.6 Å². The number of aryl methyl sites for hydroxylation is 1. The molecule has 8 heteroatoms. The van der Waals surface area contributed by atoms with E-state index in [4.69, 9.17) is 22.1 Å². The number of anilines is 3. The number of aromatic nitrogens is 2. The summed E-state index contributed by atoms with van der Waals surface area (Å²) < 4.78 is 5.47. The first-order chi connectivity index (χ1) is 14.5. The fraction of sp³-hybridized carbons (Fsp3) is 0.227. The first-order valence-electron chi connectivity index (χ1n) is 9.69. The van der Waals surface area contributed by atoms with Crippen LogP contribution in [-0.4, -0.2) is 29.0 Å². The monoisotopic (exact) mass is 423 g/mol. The molecule has 3 aromatic rings. The lowest BCUT2D eigenvalue weighted by atomic mass is 10.1. The van der Waals surface area contributed by atoms with Gasteiger partial charge in [0.05, 0.1) is 11.4 Å². The summed E-state index contributed by atoms with van der Waals surface area (Å²) in [6.07, 6.45) is 1.75. The average Bonchev–Trinajstić information content (AvgIpc) is 2.73. The highest BCUT2D eigenvalue weighted by atomic mass is 35.5. The molecule has 4 N–H and O–H groups in total. The number of nitrogens with one attached hydrogen (secondary N) is 2. The van der Waals surface area contributed by atoms with Crippen molar-refractivity contribution in [2.75, 3.05) is 29.5 Å². The number of benzene rings is 2. The zero-order chi connectivity index (χ0) is 21.1. The third-order valence-corrected chi connectivity index (χ3v) is 5.32. The molecule has 0 bridgehead atoms. The molecular weight excluding hydrogens is 402 g/mol. The molecule has 0 fully saturated rings. The standard InChI is InChI=1S/C22H22ClN5O2/c1-13-15(5-2-6-16(13)23)18-11-20(28-22(24)27-18)25-9-3-4-14-7-8-17-19(10-14)30-12-21(29)26-17/h2,5-8,10-11H,3-4,9,12H2,1H3,(H,26,29)(H3,24,25,27,28). The molecule has 0 unspecified atom stereocenters. The zero-order valence-corrected chi connectivity index (χ0v) is 17.3. The van der Waals surface area contributed by atoms with Gasteiger partial charge < -0.3 is 21.1 Å². The van der Waals surface area contributed by atoms with Gasteiger partial charge in [-0.1, -0.05) is 29.8 Å². The summed E-state index contributed by atoms with van der Waals surface area (Å²) in [5.74, 6) is 1.47. The molecule has 2 aromatic carbocycles. The molecule has 30 heavy (non-hydrogen) atoms. The Labute approximate surface area is 179 Å². The van der Waals surface area contributed by atoms with Gasteiger partial charge in [0.25, 0.3) is 5.91 Å². The highest BCUT2D eigenvalue weighted by Gasteiger charge is 2.15. The summed E-state index contributed by atoms with van der Waals surface area (Å²) in [5.41, 5.74) is 10.4. The van der Waals surface area contributed by atoms with Crippen molar-refractivity contribution < 1.29 is 9.53 Å². The lowest BCUT2D eigenvalue weighted by Crippen LogP contribution is -2.25. The van der Waals surface area contributed by atoms with Crippen LogP contribution in [0.2, 0.25) is 5.02 Å². The molecule has 4 rings (SSSR count). The summed E-state index contributed by atoms with van der Waals surface area (Å²) in [6.45, 7) is 2.73. The second-order valence-corrected chi connectivity index (χ2v) is 7.51. The number of nitrogens with two attached hydrogens (primary N) is 1. The van der Waals surface area contributed by atoms with Gasteiger partial charge in [-0.2, -0.15) is 4.98 Å². The summed E-state index contributed by atoms with van der Waals surface area (Å²) in [6, 6.07) is 13.4. The molecule has 0 radical (unpaired) electrons. The minimum Gasteiger partial charge on any atom is -0.482 e. The van der Waals surface area contributed by atoms with Crippen LogP contribution in [0.5, 0.6) is 5.75 Å². The second kappa shape index (κ2) is 8.59. The van der Waals surface area contributed by atoms with Crippen molar-refractivity contribution >= 4 is 35.0 Å². The van der Waals surface area contributed by atoms with Gasteiger partial charge in [-0.25, -0.2) is 4.98 Å². The zero-order valence-electron chi connectivity index (χ0n) is 16.5. The van der Waals surface area contributed by atoms with E-state index in [0.29, 0.717) is 22.3 Å². The number of ether oxygens (including phenoxy) is 1. The van der Waals surface area contributed by atoms with E-state index in [9.17, 15) is 4.79 Å². The molecule has 2 heterocycles. The van der Waals surface area contributed by atoms with Crippen LogP contribution in [0, 0.1) is 6.92 Å². The normalized spacial score (nSPS) is 12.7. The maximum absolute atomic E-state index is 11.4. The van der Waals surface area contributed by atoms with Gasteiger partial charge in [-0.3, -0.25) is 4.79 Å². The number of hydrogen-bond acceptors (Lipinski definition) is 6. The Kier molecular flexibility index (Phi) is 5.72. The van der Waals surface area contributed by atoms with Crippen molar-refractivity contribution in [1.29, 1.82) is 0 Å². The molecule has 7 nitrogen and oxygen atoms in total. The third-order valence-electron chi connectivity index (χ3n) is 4.91. The summed E-state index contributed by atoms with van der Waals surface area (Å²) in [7, 11) is 0. The summed E-state index contributed by atoms with van der Waals surface area (Å²) >= 11 is 6.24. The van der Waals surface area contributed by atoms with Crippen LogP contribution in [-0.2, 0) is 11.2 Å². The molecule has 154 valence electrons. The SMILES string of the molecule is Cc1c(Cl)cccc1-c1cc(NCCCc2ccc3c(c2)OCC(=O)N3)nc(N)n1. The molecule has 0 atom stereocenters. The van der Waals surface area contributed by atoms with E-state index in [1.165, 1.54) is 0 Å². The van der Waals surface area contributed by atoms with Crippen LogP contribution < -0.4 is 21.1 Å². The lowest BCUT2D eigenvalue weighted by Gasteiger charge is -2.18. The van der Waals surface area contributed by atoms with Crippen LogP contribution in [0.15, 0.2) is 42.5 Å². The number of amides is 1. The lowest BCUT2D eigenvalue weighted by molar-refractivity contribution is -0.118. The van der Waals surface area contributed by atoms with Gasteiger partial charge >= 0.3 is 0 Å². The van der Waals surface area contributed by atoms with Crippen LogP contribution in [0.25, 0.3) is 11.3 Å². The van der Waals surface area contributed by atoms with Gasteiger partial charge in [0, 0.05) is 23.2 Å². The Morgan fingerprint density at radius 2 is 2.10 bits per heavy atom. The molecular formula is C22H22ClN5O2. The van der Waals surface area contributed by atoms with E-state index < -0.39 is 0 Å². The molecule has 0 aliphatic carbocycles. The van der Waals surface area contributed by atoms with Crippen molar-refractivity contribution in [3.8, 4) is 17.0 Å². The fourth-order valence-corrected chi connectivity index (χ4v) is 3.54. The van der Waals surface area contributed by atoms with Crippen molar-refractivity contribution in [2.45, 2.75) is 19.8 Å². The number of nitrogens with zero attached hydrogens (tertiary/aromatic N) is 2. The maximum atomic E-state index is 11.4. The van der Waals surface area contributed by atoms with Crippen molar-refractivity contribution in [3.63, 3.8) is 0 Å². The topological polar surface area (TPSA) is 102 Å². The number of nitrogen functional groups attached to an aromatic ring is 1. The van der Waals surface area contributed by atoms with Crippen LogP contribution in [0.1, 0.15) is 17.5 Å². The molecule has 0 saturated heterocycles. The predicted octanol–water partition coefficient (Wildman–Crippen LogP) is 4.06. The Bertz CT molecular complexity index is 1100. The quantitative estimate of drug-likeness (QED) is 0.516. The molecule has 0 spiro atoms. The largest absolute Gasteiger partial charge is 0.482 e. The van der Waals surface area contributed by atoms with Crippen LogP contribution >= 0.6 is 11.6 Å². The number of carbonyl (C=O) groups excluding carboxylic acids is 1. The Morgan fingerprint density at radius 3 is 2.97 bits per heavy atom. The Hall–Kier alpha value is -3.32. The Morgan fingerprint density at radius 1 is 1.23 bits per heavy atom. The molecule has 1 aromatic heterocycles. The van der Waals surface area contributed by atoms with Crippen LogP contribution in [0.3, 0.4) is 0 Å². The highest BCUT2D eigenvalue weighted by molar-refractivity contribution is 6.31.